The van der Waals surface area contributed by atoms with Crippen molar-refractivity contribution in [2.45, 2.75) is 64.0 Å². The second-order valence-corrected chi connectivity index (χ2v) is 6.26. The van der Waals surface area contributed by atoms with E-state index in [1.54, 1.807) is 0 Å². The summed E-state index contributed by atoms with van der Waals surface area (Å²) in [7, 11) is 0. The van der Waals surface area contributed by atoms with Crippen LogP contribution in [0.3, 0.4) is 0 Å². The molecule has 20 heavy (non-hydrogen) atoms. The van der Waals surface area contributed by atoms with Crippen molar-refractivity contribution in [2.75, 3.05) is 13.1 Å². The zero-order valence-electron chi connectivity index (χ0n) is 12.4. The Hall–Kier alpha value is -1.10. The highest BCUT2D eigenvalue weighted by atomic mass is 16.2. The fraction of sp³-hybridized carbons (Fsp3) is 0.867. The van der Waals surface area contributed by atoms with Gasteiger partial charge in [0.2, 0.25) is 11.8 Å². The van der Waals surface area contributed by atoms with E-state index in [2.05, 4.69) is 5.32 Å². The molecule has 2 amide bonds. The molecule has 0 unspecified atom stereocenters. The molecule has 0 bridgehead atoms. The van der Waals surface area contributed by atoms with Crippen LogP contribution in [0.5, 0.6) is 0 Å². The van der Waals surface area contributed by atoms with E-state index < -0.39 is 0 Å². The number of nitrogens with one attached hydrogen (secondary N) is 1. The third kappa shape index (κ3) is 3.95. The third-order valence-corrected chi connectivity index (χ3v) is 4.73. The van der Waals surface area contributed by atoms with E-state index in [0.29, 0.717) is 12.6 Å². The van der Waals surface area contributed by atoms with E-state index in [0.717, 1.165) is 32.2 Å². The molecule has 3 N–H and O–H groups in total. The Balaban J connectivity index is 1.84. The van der Waals surface area contributed by atoms with Crippen LogP contribution in [0, 0.1) is 5.92 Å². The molecule has 2 atom stereocenters. The van der Waals surface area contributed by atoms with Gasteiger partial charge < -0.3 is 11.1 Å². The standard InChI is InChI=1S/C15H27N3O2/c1-11(14(16)19)18-9-5-6-12(10-18)15(20)17-13-7-3-2-4-8-13/h11-13H,2-10H2,1H3,(H2,16,19)(H,17,20)/t11-,12-/m0/s1. The Bertz CT molecular complexity index is 353. The van der Waals surface area contributed by atoms with E-state index >= 15 is 0 Å². The molecule has 1 aliphatic carbocycles. The predicted octanol–water partition coefficient (Wildman–Crippen LogP) is 1.02. The van der Waals surface area contributed by atoms with Crippen LogP contribution in [0.15, 0.2) is 0 Å². The van der Waals surface area contributed by atoms with E-state index in [-0.39, 0.29) is 23.8 Å². The van der Waals surface area contributed by atoms with E-state index in [1.165, 1.54) is 19.3 Å². The first kappa shape index (κ1) is 15.3. The Kier molecular flexibility index (Phi) is 5.40. The van der Waals surface area contributed by atoms with Crippen LogP contribution < -0.4 is 11.1 Å². The Morgan fingerprint density at radius 1 is 1.15 bits per heavy atom. The third-order valence-electron chi connectivity index (χ3n) is 4.73. The molecule has 0 radical (unpaired) electrons. The van der Waals surface area contributed by atoms with Crippen molar-refractivity contribution in [3.8, 4) is 0 Å². The molecule has 0 spiro atoms. The fourth-order valence-electron chi connectivity index (χ4n) is 3.32. The molecular weight excluding hydrogens is 254 g/mol. The molecule has 2 rings (SSSR count). The monoisotopic (exact) mass is 281 g/mol. The van der Waals surface area contributed by atoms with Gasteiger partial charge in [0.25, 0.3) is 0 Å². The second-order valence-electron chi connectivity index (χ2n) is 6.26. The van der Waals surface area contributed by atoms with Crippen LogP contribution in [0.2, 0.25) is 0 Å². The van der Waals surface area contributed by atoms with Crippen LogP contribution in [0.25, 0.3) is 0 Å². The SMILES string of the molecule is C[C@@H](C(N)=O)N1CCC[C@H](C(=O)NC2CCCCC2)C1. The smallest absolute Gasteiger partial charge is 0.234 e. The number of likely N-dealkylation sites (tertiary alicyclic amines) is 1. The molecule has 2 fully saturated rings. The number of nitrogens with zero attached hydrogens (tertiary/aromatic N) is 1. The molecule has 1 saturated heterocycles. The zero-order chi connectivity index (χ0) is 14.5. The van der Waals surface area contributed by atoms with E-state index in [9.17, 15) is 9.59 Å². The highest BCUT2D eigenvalue weighted by Gasteiger charge is 2.30. The number of carbonyl (C=O) groups excluding carboxylic acids is 2. The summed E-state index contributed by atoms with van der Waals surface area (Å²) in [6.45, 7) is 3.34. The lowest BCUT2D eigenvalue weighted by molar-refractivity contribution is -0.130. The molecule has 1 saturated carbocycles. The van der Waals surface area contributed by atoms with Crippen molar-refractivity contribution < 1.29 is 9.59 Å². The molecule has 0 aromatic carbocycles. The van der Waals surface area contributed by atoms with Crippen LogP contribution in [-0.2, 0) is 9.59 Å². The average Bonchev–Trinajstić information content (AvgIpc) is 2.47. The fourth-order valence-corrected chi connectivity index (χ4v) is 3.32. The van der Waals surface area contributed by atoms with Crippen molar-refractivity contribution in [1.29, 1.82) is 0 Å². The summed E-state index contributed by atoms with van der Waals surface area (Å²) in [5.41, 5.74) is 5.36. The summed E-state index contributed by atoms with van der Waals surface area (Å²) in [5.74, 6) is -0.135. The normalized spacial score (nSPS) is 26.9. The first-order valence-corrected chi connectivity index (χ1v) is 7.91. The zero-order valence-corrected chi connectivity index (χ0v) is 12.4. The summed E-state index contributed by atoms with van der Waals surface area (Å²) < 4.78 is 0. The Morgan fingerprint density at radius 2 is 1.85 bits per heavy atom. The average molecular weight is 281 g/mol. The number of carbonyl (C=O) groups is 2. The summed E-state index contributed by atoms with van der Waals surface area (Å²) in [6, 6.07) is 0.0838. The molecule has 0 aromatic heterocycles. The lowest BCUT2D eigenvalue weighted by Crippen LogP contribution is -2.51. The summed E-state index contributed by atoms with van der Waals surface area (Å²) in [6.07, 6.45) is 7.83. The van der Waals surface area contributed by atoms with Gasteiger partial charge in [-0.2, -0.15) is 0 Å². The molecule has 114 valence electrons. The lowest BCUT2D eigenvalue weighted by Gasteiger charge is -2.35. The molecule has 5 nitrogen and oxygen atoms in total. The molecule has 1 heterocycles. The molecule has 2 aliphatic rings. The van der Waals surface area contributed by atoms with Crippen molar-refractivity contribution in [3.63, 3.8) is 0 Å². The second kappa shape index (κ2) is 7.07. The van der Waals surface area contributed by atoms with Crippen LogP contribution in [-0.4, -0.2) is 41.9 Å². The van der Waals surface area contributed by atoms with E-state index in [4.69, 9.17) is 5.73 Å². The van der Waals surface area contributed by atoms with Crippen LogP contribution >= 0.6 is 0 Å². The van der Waals surface area contributed by atoms with Gasteiger partial charge in [-0.15, -0.1) is 0 Å². The lowest BCUT2D eigenvalue weighted by atomic mass is 9.92. The van der Waals surface area contributed by atoms with Crippen molar-refractivity contribution >= 4 is 11.8 Å². The van der Waals surface area contributed by atoms with Gasteiger partial charge in [0, 0.05) is 12.6 Å². The Morgan fingerprint density at radius 3 is 2.50 bits per heavy atom. The number of amides is 2. The number of hydrogen-bond acceptors (Lipinski definition) is 3. The molecule has 0 aromatic rings. The van der Waals surface area contributed by atoms with Gasteiger partial charge in [0.05, 0.1) is 12.0 Å². The van der Waals surface area contributed by atoms with Crippen molar-refractivity contribution in [1.82, 2.24) is 10.2 Å². The largest absolute Gasteiger partial charge is 0.368 e. The van der Waals surface area contributed by atoms with Gasteiger partial charge in [-0.3, -0.25) is 14.5 Å². The summed E-state index contributed by atoms with van der Waals surface area (Å²) >= 11 is 0. The number of hydrogen-bond donors (Lipinski definition) is 2. The predicted molar refractivity (Wildman–Crippen MR) is 78.0 cm³/mol. The minimum atomic E-state index is -0.307. The van der Waals surface area contributed by atoms with E-state index in [1.807, 2.05) is 11.8 Å². The van der Waals surface area contributed by atoms with Crippen molar-refractivity contribution in [3.05, 3.63) is 0 Å². The van der Waals surface area contributed by atoms with Gasteiger partial charge in [-0.25, -0.2) is 0 Å². The van der Waals surface area contributed by atoms with Gasteiger partial charge in [-0.1, -0.05) is 19.3 Å². The highest BCUT2D eigenvalue weighted by molar-refractivity contribution is 5.81. The van der Waals surface area contributed by atoms with Crippen LogP contribution in [0.4, 0.5) is 0 Å². The van der Waals surface area contributed by atoms with Gasteiger partial charge in [0.1, 0.15) is 0 Å². The molecule has 5 heteroatoms. The van der Waals surface area contributed by atoms with Crippen LogP contribution in [0.1, 0.15) is 51.9 Å². The number of rotatable bonds is 4. The maximum absolute atomic E-state index is 12.4. The Labute approximate surface area is 121 Å². The minimum Gasteiger partial charge on any atom is -0.368 e. The minimum absolute atomic E-state index is 0.00692. The maximum Gasteiger partial charge on any atom is 0.234 e. The number of nitrogens with two attached hydrogens (primary N) is 1. The highest BCUT2D eigenvalue weighted by Crippen LogP contribution is 2.21. The first-order chi connectivity index (χ1) is 9.58. The number of piperidine rings is 1. The molecule has 1 aliphatic heterocycles. The summed E-state index contributed by atoms with van der Waals surface area (Å²) in [5, 5.41) is 3.20. The maximum atomic E-state index is 12.4. The van der Waals surface area contributed by atoms with Gasteiger partial charge >= 0.3 is 0 Å². The first-order valence-electron chi connectivity index (χ1n) is 7.91. The number of primary amides is 1. The van der Waals surface area contributed by atoms with Gasteiger partial charge in [0.15, 0.2) is 0 Å². The topological polar surface area (TPSA) is 75.4 Å². The summed E-state index contributed by atoms with van der Waals surface area (Å²) in [4.78, 5) is 25.7. The van der Waals surface area contributed by atoms with Gasteiger partial charge in [-0.05, 0) is 39.2 Å². The quantitative estimate of drug-likeness (QED) is 0.808. The molecular formula is C15H27N3O2. The van der Waals surface area contributed by atoms with Crippen molar-refractivity contribution in [2.24, 2.45) is 11.7 Å².